The average Bonchev–Trinajstić information content (AvgIpc) is 1.97. The van der Waals surface area contributed by atoms with Crippen LogP contribution in [0.4, 0.5) is 13.2 Å². The highest BCUT2D eigenvalue weighted by Gasteiger charge is 2.30. The minimum Gasteiger partial charge on any atom is -0.306 e. The van der Waals surface area contributed by atoms with Gasteiger partial charge in [-0.1, -0.05) is 0 Å². The van der Waals surface area contributed by atoms with E-state index in [2.05, 4.69) is 0 Å². The molecule has 0 aliphatic heterocycles. The number of rotatable bonds is 4. The van der Waals surface area contributed by atoms with Crippen molar-refractivity contribution in [1.82, 2.24) is 4.90 Å². The van der Waals surface area contributed by atoms with Gasteiger partial charge in [-0.2, -0.15) is 13.2 Å². The van der Waals surface area contributed by atoms with Crippen molar-refractivity contribution in [2.24, 2.45) is 5.92 Å². The van der Waals surface area contributed by atoms with E-state index in [-0.39, 0.29) is 11.9 Å². The van der Waals surface area contributed by atoms with Crippen LogP contribution < -0.4 is 0 Å². The van der Waals surface area contributed by atoms with Gasteiger partial charge in [0, 0.05) is 18.5 Å². The van der Waals surface area contributed by atoms with Gasteiger partial charge in [-0.25, -0.2) is 0 Å². The van der Waals surface area contributed by atoms with Gasteiger partial charge in [0.1, 0.15) is 0 Å². The quantitative estimate of drug-likeness (QED) is 0.670. The highest BCUT2D eigenvalue weighted by molar-refractivity contribution is 6.21. The molecule has 0 amide bonds. The summed E-state index contributed by atoms with van der Waals surface area (Å²) in [6, 6.07) is 0. The van der Waals surface area contributed by atoms with E-state index in [9.17, 15) is 13.2 Å². The SMILES string of the molecule is CN(CCC(F)(F)F)CC1CC(Cl)C1. The molecular weight excluding hydrogens is 215 g/mol. The fourth-order valence-corrected chi connectivity index (χ4v) is 2.16. The zero-order valence-corrected chi connectivity index (χ0v) is 8.91. The molecule has 1 fully saturated rings. The average molecular weight is 230 g/mol. The van der Waals surface area contributed by atoms with E-state index in [0.717, 1.165) is 19.4 Å². The fraction of sp³-hybridized carbons (Fsp3) is 1.00. The van der Waals surface area contributed by atoms with Crippen LogP contribution in [0.3, 0.4) is 0 Å². The van der Waals surface area contributed by atoms with Crippen LogP contribution in [0.1, 0.15) is 19.3 Å². The largest absolute Gasteiger partial charge is 0.390 e. The van der Waals surface area contributed by atoms with Crippen molar-refractivity contribution in [3.63, 3.8) is 0 Å². The molecule has 84 valence electrons. The topological polar surface area (TPSA) is 3.24 Å². The zero-order chi connectivity index (χ0) is 10.8. The second-order valence-electron chi connectivity index (χ2n) is 4.06. The van der Waals surface area contributed by atoms with Crippen LogP contribution in [0.2, 0.25) is 0 Å². The molecule has 0 aromatic carbocycles. The van der Waals surface area contributed by atoms with E-state index < -0.39 is 12.6 Å². The third-order valence-corrected chi connectivity index (χ3v) is 2.88. The number of alkyl halides is 4. The molecule has 0 radical (unpaired) electrons. The van der Waals surface area contributed by atoms with Gasteiger partial charge in [-0.15, -0.1) is 11.6 Å². The molecule has 5 heteroatoms. The van der Waals surface area contributed by atoms with Crippen LogP contribution >= 0.6 is 11.6 Å². The summed E-state index contributed by atoms with van der Waals surface area (Å²) in [6.07, 6.45) is -2.88. The van der Waals surface area contributed by atoms with Crippen LogP contribution in [0, 0.1) is 5.92 Å². The zero-order valence-electron chi connectivity index (χ0n) is 8.15. The molecule has 1 aliphatic carbocycles. The molecule has 1 saturated carbocycles. The predicted molar refractivity (Wildman–Crippen MR) is 50.5 cm³/mol. The number of hydrogen-bond donors (Lipinski definition) is 0. The van der Waals surface area contributed by atoms with Crippen LogP contribution in [0.25, 0.3) is 0 Å². The number of halogens is 4. The summed E-state index contributed by atoms with van der Waals surface area (Å²) in [5.41, 5.74) is 0. The highest BCUT2D eigenvalue weighted by atomic mass is 35.5. The van der Waals surface area contributed by atoms with Crippen molar-refractivity contribution in [3.05, 3.63) is 0 Å². The van der Waals surface area contributed by atoms with E-state index in [1.54, 1.807) is 11.9 Å². The Labute approximate surface area is 87.2 Å². The third-order valence-electron chi connectivity index (χ3n) is 2.53. The van der Waals surface area contributed by atoms with E-state index in [1.165, 1.54) is 0 Å². The van der Waals surface area contributed by atoms with Crippen molar-refractivity contribution >= 4 is 11.6 Å². The Morgan fingerprint density at radius 3 is 2.36 bits per heavy atom. The lowest BCUT2D eigenvalue weighted by Crippen LogP contribution is -2.36. The highest BCUT2D eigenvalue weighted by Crippen LogP contribution is 2.32. The smallest absolute Gasteiger partial charge is 0.306 e. The minimum absolute atomic E-state index is 0.0902. The first kappa shape index (κ1) is 12.1. The second-order valence-corrected chi connectivity index (χ2v) is 4.68. The van der Waals surface area contributed by atoms with E-state index in [0.29, 0.717) is 5.92 Å². The molecular formula is C9H15ClF3N. The number of nitrogens with zero attached hydrogens (tertiary/aromatic N) is 1. The maximum absolute atomic E-state index is 11.9. The van der Waals surface area contributed by atoms with Crippen LogP contribution in [-0.2, 0) is 0 Å². The Bertz CT molecular complexity index is 177. The summed E-state index contributed by atoms with van der Waals surface area (Å²) >= 11 is 5.78. The van der Waals surface area contributed by atoms with E-state index in [4.69, 9.17) is 11.6 Å². The Hall–Kier alpha value is 0.0400. The van der Waals surface area contributed by atoms with Crippen molar-refractivity contribution in [3.8, 4) is 0 Å². The maximum Gasteiger partial charge on any atom is 0.390 e. The molecule has 0 unspecified atom stereocenters. The molecule has 0 atom stereocenters. The van der Waals surface area contributed by atoms with Crippen molar-refractivity contribution in [2.45, 2.75) is 30.8 Å². The lowest BCUT2D eigenvalue weighted by Gasteiger charge is -2.34. The van der Waals surface area contributed by atoms with Gasteiger partial charge >= 0.3 is 6.18 Å². The van der Waals surface area contributed by atoms with Crippen LogP contribution in [-0.4, -0.2) is 36.6 Å². The van der Waals surface area contributed by atoms with Crippen LogP contribution in [0.5, 0.6) is 0 Å². The molecule has 1 nitrogen and oxygen atoms in total. The van der Waals surface area contributed by atoms with Gasteiger partial charge in [-0.3, -0.25) is 0 Å². The Balaban J connectivity index is 2.07. The van der Waals surface area contributed by atoms with Crippen LogP contribution in [0.15, 0.2) is 0 Å². The summed E-state index contributed by atoms with van der Waals surface area (Å²) in [6.45, 7) is 0.826. The molecule has 0 bridgehead atoms. The van der Waals surface area contributed by atoms with Gasteiger partial charge in [0.15, 0.2) is 0 Å². The third kappa shape index (κ3) is 4.51. The molecule has 14 heavy (non-hydrogen) atoms. The van der Waals surface area contributed by atoms with Gasteiger partial charge in [0.05, 0.1) is 6.42 Å². The standard InChI is InChI=1S/C9H15ClF3N/c1-14(3-2-9(11,12)13)6-7-4-8(10)5-7/h7-8H,2-6H2,1H3. The summed E-state index contributed by atoms with van der Waals surface area (Å²) in [4.78, 5) is 1.74. The molecule has 0 spiro atoms. The molecule has 0 saturated heterocycles. The van der Waals surface area contributed by atoms with E-state index >= 15 is 0 Å². The molecule has 0 aromatic heterocycles. The summed E-state index contributed by atoms with van der Waals surface area (Å²) in [7, 11) is 1.73. The van der Waals surface area contributed by atoms with Gasteiger partial charge < -0.3 is 4.90 Å². The van der Waals surface area contributed by atoms with Crippen molar-refractivity contribution in [2.75, 3.05) is 20.1 Å². The first-order chi connectivity index (χ1) is 6.37. The number of hydrogen-bond acceptors (Lipinski definition) is 1. The minimum atomic E-state index is -4.04. The maximum atomic E-state index is 11.9. The summed E-state index contributed by atoms with van der Waals surface area (Å²) in [5.74, 6) is 0.496. The summed E-state index contributed by atoms with van der Waals surface area (Å²) < 4.78 is 35.6. The Morgan fingerprint density at radius 1 is 1.36 bits per heavy atom. The molecule has 1 aliphatic rings. The van der Waals surface area contributed by atoms with Crippen molar-refractivity contribution in [1.29, 1.82) is 0 Å². The van der Waals surface area contributed by atoms with Gasteiger partial charge in [-0.05, 0) is 25.8 Å². The summed E-state index contributed by atoms with van der Waals surface area (Å²) in [5, 5.41) is 0.246. The molecule has 0 aromatic rings. The Kier molecular flexibility index (Phi) is 4.07. The predicted octanol–water partition coefficient (Wildman–Crippen LogP) is 2.89. The first-order valence-electron chi connectivity index (χ1n) is 4.76. The van der Waals surface area contributed by atoms with Crippen molar-refractivity contribution < 1.29 is 13.2 Å². The first-order valence-corrected chi connectivity index (χ1v) is 5.20. The van der Waals surface area contributed by atoms with E-state index in [1.807, 2.05) is 0 Å². The lowest BCUT2D eigenvalue weighted by atomic mass is 9.84. The molecule has 0 N–H and O–H groups in total. The van der Waals surface area contributed by atoms with Gasteiger partial charge in [0.2, 0.25) is 0 Å². The normalized spacial score (nSPS) is 27.9. The lowest BCUT2D eigenvalue weighted by molar-refractivity contribution is -0.137. The molecule has 1 rings (SSSR count). The second kappa shape index (κ2) is 4.71. The monoisotopic (exact) mass is 229 g/mol. The molecule has 0 heterocycles. The fourth-order valence-electron chi connectivity index (χ4n) is 1.65. The Morgan fingerprint density at radius 2 is 1.93 bits per heavy atom. The van der Waals surface area contributed by atoms with Gasteiger partial charge in [0.25, 0.3) is 0 Å².